The summed E-state index contributed by atoms with van der Waals surface area (Å²) in [5, 5.41) is 0.923. The predicted molar refractivity (Wildman–Crippen MR) is 118 cm³/mol. The highest BCUT2D eigenvalue weighted by Crippen LogP contribution is 2.32. The second-order valence-corrected chi connectivity index (χ2v) is 10.5. The molecule has 4 rings (SSSR count). The molecule has 2 aromatic carbocycles. The molecule has 0 N–H and O–H groups in total. The van der Waals surface area contributed by atoms with Gasteiger partial charge in [-0.1, -0.05) is 23.5 Å². The molecule has 1 aliphatic rings. The largest absolute Gasteiger partial charge is 0.455 e. The molecule has 1 aromatic heterocycles. The predicted octanol–water partition coefficient (Wildman–Crippen LogP) is 3.37. The fourth-order valence-corrected chi connectivity index (χ4v) is 5.44. The van der Waals surface area contributed by atoms with Crippen molar-refractivity contribution >= 4 is 42.7 Å². The minimum atomic E-state index is -3.58. The number of thiazole rings is 1. The molecule has 3 aromatic rings. The van der Waals surface area contributed by atoms with Crippen molar-refractivity contribution in [3.63, 3.8) is 0 Å². The van der Waals surface area contributed by atoms with Crippen LogP contribution in [-0.4, -0.2) is 56.0 Å². The number of anilines is 1. The summed E-state index contributed by atoms with van der Waals surface area (Å²) in [6.45, 7) is 4.80. The lowest BCUT2D eigenvalue weighted by Gasteiger charge is -2.38. The second-order valence-electron chi connectivity index (χ2n) is 7.54. The number of para-hydroxylation sites is 1. The number of carbonyl (C=O) groups is 1. The maximum absolute atomic E-state index is 12.5. The number of aromatic nitrogens is 1. The van der Waals surface area contributed by atoms with E-state index in [2.05, 4.69) is 9.88 Å². The maximum Gasteiger partial charge on any atom is 0.338 e. The van der Waals surface area contributed by atoms with Gasteiger partial charge in [-0.05, 0) is 50.2 Å². The molecule has 0 saturated carbocycles. The van der Waals surface area contributed by atoms with Gasteiger partial charge in [-0.2, -0.15) is 4.31 Å². The zero-order valence-corrected chi connectivity index (χ0v) is 18.6. The van der Waals surface area contributed by atoms with Crippen LogP contribution in [0.3, 0.4) is 0 Å². The van der Waals surface area contributed by atoms with Gasteiger partial charge in [0.15, 0.2) is 5.13 Å². The summed E-state index contributed by atoms with van der Waals surface area (Å²) < 4.78 is 33.0. The van der Waals surface area contributed by atoms with E-state index in [1.807, 2.05) is 24.3 Å². The van der Waals surface area contributed by atoms with Gasteiger partial charge >= 0.3 is 5.97 Å². The topological polar surface area (TPSA) is 79.8 Å². The van der Waals surface area contributed by atoms with E-state index in [0.717, 1.165) is 15.3 Å². The monoisotopic (exact) mass is 445 g/mol. The smallest absolute Gasteiger partial charge is 0.338 e. The van der Waals surface area contributed by atoms with Crippen LogP contribution >= 0.6 is 11.3 Å². The Morgan fingerprint density at radius 1 is 1.17 bits per heavy atom. The maximum atomic E-state index is 12.5. The Morgan fingerprint density at radius 3 is 2.47 bits per heavy atom. The van der Waals surface area contributed by atoms with Gasteiger partial charge in [-0.3, -0.25) is 0 Å². The summed E-state index contributed by atoms with van der Waals surface area (Å²) >= 11 is 1.62. The number of hydrogen-bond donors (Lipinski definition) is 0. The summed E-state index contributed by atoms with van der Waals surface area (Å²) in [5.41, 5.74) is 1.30. The first kappa shape index (κ1) is 20.8. The van der Waals surface area contributed by atoms with Crippen molar-refractivity contribution in [2.45, 2.75) is 30.9 Å². The van der Waals surface area contributed by atoms with E-state index in [1.165, 1.54) is 35.6 Å². The van der Waals surface area contributed by atoms with E-state index in [0.29, 0.717) is 18.7 Å². The van der Waals surface area contributed by atoms with Crippen molar-refractivity contribution < 1.29 is 17.9 Å². The second kappa shape index (κ2) is 7.98. The molecular weight excluding hydrogens is 422 g/mol. The molecule has 30 heavy (non-hydrogen) atoms. The average Bonchev–Trinajstić information content (AvgIpc) is 3.13. The van der Waals surface area contributed by atoms with Gasteiger partial charge in [-0.25, -0.2) is 18.2 Å². The standard InChI is InChI=1S/C21H23N3O4S2/c1-14(2)23(3)30(26,27)17-10-8-15(9-11-17)20(25)28-16-12-24(13-16)21-22-18-6-4-5-7-19(18)29-21/h4-11,14,16H,12-13H2,1-3H3. The summed E-state index contributed by atoms with van der Waals surface area (Å²) in [6.07, 6.45) is -0.208. The molecule has 0 radical (unpaired) electrons. The minimum Gasteiger partial charge on any atom is -0.455 e. The van der Waals surface area contributed by atoms with Crippen LogP contribution in [0.15, 0.2) is 53.4 Å². The fraction of sp³-hybridized carbons (Fsp3) is 0.333. The van der Waals surface area contributed by atoms with Crippen LogP contribution in [-0.2, 0) is 14.8 Å². The first-order valence-electron chi connectivity index (χ1n) is 9.65. The molecule has 1 fully saturated rings. The van der Waals surface area contributed by atoms with Crippen molar-refractivity contribution in [1.82, 2.24) is 9.29 Å². The van der Waals surface area contributed by atoms with Crippen LogP contribution in [0.4, 0.5) is 5.13 Å². The molecule has 0 bridgehead atoms. The van der Waals surface area contributed by atoms with Crippen LogP contribution in [0.25, 0.3) is 10.2 Å². The van der Waals surface area contributed by atoms with E-state index in [4.69, 9.17) is 4.74 Å². The van der Waals surface area contributed by atoms with Crippen molar-refractivity contribution in [2.24, 2.45) is 0 Å². The number of ether oxygens (including phenoxy) is 1. The van der Waals surface area contributed by atoms with Crippen LogP contribution in [0.5, 0.6) is 0 Å². The minimum absolute atomic E-state index is 0.154. The molecule has 158 valence electrons. The van der Waals surface area contributed by atoms with Crippen molar-refractivity contribution in [3.8, 4) is 0 Å². The Hall–Kier alpha value is -2.49. The van der Waals surface area contributed by atoms with E-state index in [9.17, 15) is 13.2 Å². The van der Waals surface area contributed by atoms with Crippen LogP contribution < -0.4 is 4.90 Å². The quantitative estimate of drug-likeness (QED) is 0.541. The fourth-order valence-electron chi connectivity index (χ4n) is 3.09. The number of rotatable bonds is 6. The Labute approximate surface area is 179 Å². The van der Waals surface area contributed by atoms with E-state index >= 15 is 0 Å². The highest BCUT2D eigenvalue weighted by atomic mass is 32.2. The lowest BCUT2D eigenvalue weighted by molar-refractivity contribution is 0.0234. The molecule has 0 aliphatic carbocycles. The van der Waals surface area contributed by atoms with E-state index in [1.54, 1.807) is 25.2 Å². The van der Waals surface area contributed by atoms with E-state index < -0.39 is 16.0 Å². The first-order chi connectivity index (χ1) is 14.3. The normalized spacial score (nSPS) is 15.0. The molecule has 9 heteroatoms. The Kier molecular flexibility index (Phi) is 5.52. The molecule has 1 aliphatic heterocycles. The summed E-state index contributed by atoms with van der Waals surface area (Å²) in [4.78, 5) is 19.3. The number of esters is 1. The van der Waals surface area contributed by atoms with E-state index in [-0.39, 0.29) is 17.0 Å². The number of nitrogens with zero attached hydrogens (tertiary/aromatic N) is 3. The van der Waals surface area contributed by atoms with Crippen molar-refractivity contribution in [1.29, 1.82) is 0 Å². The Morgan fingerprint density at radius 2 is 1.83 bits per heavy atom. The van der Waals surface area contributed by atoms with Gasteiger partial charge in [0, 0.05) is 13.1 Å². The molecule has 1 saturated heterocycles. The molecule has 0 atom stereocenters. The van der Waals surface area contributed by atoms with Crippen LogP contribution in [0, 0.1) is 0 Å². The lowest BCUT2D eigenvalue weighted by atomic mass is 10.2. The number of sulfonamides is 1. The average molecular weight is 446 g/mol. The summed E-state index contributed by atoms with van der Waals surface area (Å²) in [6, 6.07) is 13.7. The van der Waals surface area contributed by atoms with Gasteiger partial charge < -0.3 is 9.64 Å². The Balaban J connectivity index is 1.36. The number of carbonyl (C=O) groups excluding carboxylic acids is 1. The third-order valence-electron chi connectivity index (χ3n) is 5.17. The SMILES string of the molecule is CC(C)N(C)S(=O)(=O)c1ccc(C(=O)OC2CN(c3nc4ccccc4s3)C2)cc1. The first-order valence-corrected chi connectivity index (χ1v) is 11.9. The molecule has 0 amide bonds. The van der Waals surface area contributed by atoms with Crippen LogP contribution in [0.2, 0.25) is 0 Å². The zero-order valence-electron chi connectivity index (χ0n) is 17.0. The molecule has 2 heterocycles. The molecule has 0 spiro atoms. The van der Waals surface area contributed by atoms with Gasteiger partial charge in [0.25, 0.3) is 0 Å². The molecule has 7 nitrogen and oxygen atoms in total. The third kappa shape index (κ3) is 3.92. The zero-order chi connectivity index (χ0) is 21.5. The molecular formula is C21H23N3O4S2. The van der Waals surface area contributed by atoms with Crippen molar-refractivity contribution in [3.05, 3.63) is 54.1 Å². The highest BCUT2D eigenvalue weighted by Gasteiger charge is 2.32. The van der Waals surface area contributed by atoms with Gasteiger partial charge in [0.2, 0.25) is 10.0 Å². The summed E-state index contributed by atoms with van der Waals surface area (Å²) in [7, 11) is -2.04. The van der Waals surface area contributed by atoms with Crippen molar-refractivity contribution in [2.75, 3.05) is 25.0 Å². The third-order valence-corrected chi connectivity index (χ3v) is 8.31. The number of fused-ring (bicyclic) bond motifs is 1. The van der Waals surface area contributed by atoms with Gasteiger partial charge in [0.05, 0.1) is 33.8 Å². The van der Waals surface area contributed by atoms with Gasteiger partial charge in [0.1, 0.15) is 6.10 Å². The lowest BCUT2D eigenvalue weighted by Crippen LogP contribution is -2.53. The highest BCUT2D eigenvalue weighted by molar-refractivity contribution is 7.89. The molecule has 0 unspecified atom stereocenters. The van der Waals surface area contributed by atoms with Crippen LogP contribution in [0.1, 0.15) is 24.2 Å². The number of hydrogen-bond acceptors (Lipinski definition) is 7. The van der Waals surface area contributed by atoms with Gasteiger partial charge in [-0.15, -0.1) is 0 Å². The Bertz CT molecular complexity index is 1130. The number of benzene rings is 2. The summed E-state index contributed by atoms with van der Waals surface area (Å²) in [5.74, 6) is -0.454.